The van der Waals surface area contributed by atoms with E-state index in [1.807, 2.05) is 6.07 Å². The average Bonchev–Trinajstić information content (AvgIpc) is 2.25. The summed E-state index contributed by atoms with van der Waals surface area (Å²) in [6.07, 6.45) is 4.92. The van der Waals surface area contributed by atoms with E-state index in [1.165, 1.54) is 6.07 Å². The molecule has 0 aliphatic heterocycles. The molecule has 1 nitrogen and oxygen atoms in total. The minimum Gasteiger partial charge on any atom is -0.325 e. The van der Waals surface area contributed by atoms with Crippen LogP contribution in [0.5, 0.6) is 0 Å². The minimum atomic E-state index is -0.205. The van der Waals surface area contributed by atoms with Crippen molar-refractivity contribution in [3.63, 3.8) is 0 Å². The highest BCUT2D eigenvalue weighted by Crippen LogP contribution is 2.23. The Morgan fingerprint density at radius 1 is 1.29 bits per heavy atom. The van der Waals surface area contributed by atoms with Crippen molar-refractivity contribution in [3.8, 4) is 0 Å². The maximum absolute atomic E-state index is 13.3. The third kappa shape index (κ3) is 4.76. The summed E-state index contributed by atoms with van der Waals surface area (Å²) in [5.41, 5.74) is 7.14. The Balaban J connectivity index is 2.79. The van der Waals surface area contributed by atoms with Crippen LogP contribution < -0.4 is 5.73 Å². The van der Waals surface area contributed by atoms with Gasteiger partial charge in [-0.05, 0) is 43.0 Å². The van der Waals surface area contributed by atoms with Crippen molar-refractivity contribution in [3.05, 3.63) is 34.1 Å². The van der Waals surface area contributed by atoms with E-state index >= 15 is 0 Å². The summed E-state index contributed by atoms with van der Waals surface area (Å²) >= 11 is 3.31. The fraction of sp³-hybridized carbons (Fsp3) is 0.571. The van der Waals surface area contributed by atoms with E-state index in [1.54, 1.807) is 6.07 Å². The van der Waals surface area contributed by atoms with E-state index in [2.05, 4.69) is 29.8 Å². The molecule has 3 heteroatoms. The Morgan fingerprint density at radius 2 is 2.00 bits per heavy atom. The Hall–Kier alpha value is -0.410. The van der Waals surface area contributed by atoms with Gasteiger partial charge in [0.05, 0.1) is 0 Å². The van der Waals surface area contributed by atoms with Gasteiger partial charge in [-0.25, -0.2) is 4.39 Å². The number of nitrogens with two attached hydrogens (primary N) is 1. The second kappa shape index (κ2) is 6.50. The van der Waals surface area contributed by atoms with Crippen molar-refractivity contribution in [1.82, 2.24) is 0 Å². The lowest BCUT2D eigenvalue weighted by Crippen LogP contribution is -2.41. The van der Waals surface area contributed by atoms with Crippen LogP contribution in [-0.4, -0.2) is 5.54 Å². The topological polar surface area (TPSA) is 26.0 Å². The second-order valence-corrected chi connectivity index (χ2v) is 5.69. The molecule has 96 valence electrons. The lowest BCUT2D eigenvalue weighted by Gasteiger charge is -2.28. The van der Waals surface area contributed by atoms with Gasteiger partial charge in [0.25, 0.3) is 0 Å². The smallest absolute Gasteiger partial charge is 0.124 e. The van der Waals surface area contributed by atoms with Crippen LogP contribution in [0.3, 0.4) is 0 Å². The van der Waals surface area contributed by atoms with Gasteiger partial charge in [-0.3, -0.25) is 0 Å². The molecule has 0 fully saturated rings. The first-order valence-corrected chi connectivity index (χ1v) is 7.02. The largest absolute Gasteiger partial charge is 0.325 e. The molecule has 0 amide bonds. The lowest BCUT2D eigenvalue weighted by atomic mass is 9.84. The van der Waals surface area contributed by atoms with Gasteiger partial charge in [0, 0.05) is 10.0 Å². The second-order valence-electron chi connectivity index (χ2n) is 4.77. The van der Waals surface area contributed by atoms with Crippen LogP contribution in [0.4, 0.5) is 4.39 Å². The molecular weight excluding hydrogens is 281 g/mol. The number of hydrogen-bond donors (Lipinski definition) is 1. The average molecular weight is 302 g/mol. The molecule has 17 heavy (non-hydrogen) atoms. The van der Waals surface area contributed by atoms with Crippen molar-refractivity contribution in [2.75, 3.05) is 0 Å². The summed E-state index contributed by atoms with van der Waals surface area (Å²) in [5, 5.41) is 0. The fourth-order valence-electron chi connectivity index (χ4n) is 2.04. The molecule has 0 spiro atoms. The highest BCUT2D eigenvalue weighted by Gasteiger charge is 2.22. The quantitative estimate of drug-likeness (QED) is 0.826. The van der Waals surface area contributed by atoms with Crippen LogP contribution in [0, 0.1) is 5.82 Å². The summed E-state index contributed by atoms with van der Waals surface area (Å²) in [6.45, 7) is 4.26. The molecule has 2 N–H and O–H groups in total. The van der Waals surface area contributed by atoms with E-state index in [0.717, 1.165) is 42.1 Å². The molecule has 0 aromatic heterocycles. The van der Waals surface area contributed by atoms with Crippen LogP contribution in [0.15, 0.2) is 22.7 Å². The van der Waals surface area contributed by atoms with Gasteiger partial charge in [-0.15, -0.1) is 0 Å². The highest BCUT2D eigenvalue weighted by molar-refractivity contribution is 9.10. The Bertz CT molecular complexity index is 347. The van der Waals surface area contributed by atoms with Crippen molar-refractivity contribution in [2.24, 2.45) is 5.73 Å². The normalized spacial score (nSPS) is 14.6. The van der Waals surface area contributed by atoms with E-state index in [-0.39, 0.29) is 11.4 Å². The molecule has 0 saturated carbocycles. The first-order chi connectivity index (χ1) is 7.99. The van der Waals surface area contributed by atoms with Crippen LogP contribution in [0.2, 0.25) is 0 Å². The maximum atomic E-state index is 13.3. The SMILES string of the molecule is CCCCC(N)(CC)Cc1cc(F)cc(Br)c1. The van der Waals surface area contributed by atoms with E-state index in [9.17, 15) is 4.39 Å². The predicted octanol–water partition coefficient (Wildman–Crippen LogP) is 4.43. The third-order valence-corrected chi connectivity index (χ3v) is 3.67. The zero-order valence-electron chi connectivity index (χ0n) is 10.6. The van der Waals surface area contributed by atoms with Crippen LogP contribution in [0.25, 0.3) is 0 Å². The van der Waals surface area contributed by atoms with E-state index in [4.69, 9.17) is 5.73 Å². The van der Waals surface area contributed by atoms with Crippen LogP contribution >= 0.6 is 15.9 Å². The molecule has 1 aromatic rings. The van der Waals surface area contributed by atoms with Crippen molar-refractivity contribution >= 4 is 15.9 Å². The molecule has 0 radical (unpaired) electrons. The van der Waals surface area contributed by atoms with Gasteiger partial charge < -0.3 is 5.73 Å². The number of hydrogen-bond acceptors (Lipinski definition) is 1. The summed E-state index contributed by atoms with van der Waals surface area (Å²) in [6, 6.07) is 5.00. The van der Waals surface area contributed by atoms with Crippen molar-refractivity contribution < 1.29 is 4.39 Å². The van der Waals surface area contributed by atoms with Crippen LogP contribution in [-0.2, 0) is 6.42 Å². The molecular formula is C14H21BrFN. The molecule has 1 atom stereocenters. The Labute approximate surface area is 112 Å². The van der Waals surface area contributed by atoms with Gasteiger partial charge in [0.1, 0.15) is 5.82 Å². The molecule has 0 heterocycles. The molecule has 0 aliphatic rings. The molecule has 0 bridgehead atoms. The zero-order valence-corrected chi connectivity index (χ0v) is 12.2. The Morgan fingerprint density at radius 3 is 2.53 bits per heavy atom. The minimum absolute atomic E-state index is 0.205. The zero-order chi connectivity index (χ0) is 12.9. The monoisotopic (exact) mass is 301 g/mol. The first kappa shape index (κ1) is 14.7. The summed E-state index contributed by atoms with van der Waals surface area (Å²) in [5.74, 6) is -0.205. The first-order valence-electron chi connectivity index (χ1n) is 6.23. The van der Waals surface area contributed by atoms with Crippen molar-refractivity contribution in [1.29, 1.82) is 0 Å². The molecule has 0 aliphatic carbocycles. The standard InChI is InChI=1S/C14H21BrFN/c1-3-5-6-14(17,4-2)10-11-7-12(15)9-13(16)8-11/h7-9H,3-6,10,17H2,1-2H3. The summed E-state index contributed by atoms with van der Waals surface area (Å²) in [7, 11) is 0. The summed E-state index contributed by atoms with van der Waals surface area (Å²) < 4.78 is 14.1. The van der Waals surface area contributed by atoms with Crippen LogP contribution in [0.1, 0.15) is 45.1 Å². The van der Waals surface area contributed by atoms with Gasteiger partial charge in [0.15, 0.2) is 0 Å². The van der Waals surface area contributed by atoms with Gasteiger partial charge in [-0.2, -0.15) is 0 Å². The fourth-order valence-corrected chi connectivity index (χ4v) is 2.55. The lowest BCUT2D eigenvalue weighted by molar-refractivity contribution is 0.364. The number of rotatable bonds is 6. The van der Waals surface area contributed by atoms with E-state index in [0.29, 0.717) is 0 Å². The summed E-state index contributed by atoms with van der Waals surface area (Å²) in [4.78, 5) is 0. The van der Waals surface area contributed by atoms with Gasteiger partial charge >= 0.3 is 0 Å². The van der Waals surface area contributed by atoms with Gasteiger partial charge in [0.2, 0.25) is 0 Å². The van der Waals surface area contributed by atoms with Gasteiger partial charge in [-0.1, -0.05) is 42.6 Å². The highest BCUT2D eigenvalue weighted by atomic mass is 79.9. The molecule has 0 saturated heterocycles. The predicted molar refractivity (Wildman–Crippen MR) is 74.5 cm³/mol. The maximum Gasteiger partial charge on any atom is 0.124 e. The molecule has 1 rings (SSSR count). The number of unbranched alkanes of at least 4 members (excludes halogenated alkanes) is 1. The third-order valence-electron chi connectivity index (χ3n) is 3.21. The molecule has 1 unspecified atom stereocenters. The molecule has 1 aromatic carbocycles. The van der Waals surface area contributed by atoms with Crippen molar-refractivity contribution in [2.45, 2.75) is 51.5 Å². The van der Waals surface area contributed by atoms with E-state index < -0.39 is 0 Å². The Kier molecular flexibility index (Phi) is 5.60. The number of benzene rings is 1. The number of halogens is 2.